The summed E-state index contributed by atoms with van der Waals surface area (Å²) in [6.45, 7) is 4.29. The Morgan fingerprint density at radius 1 is 1.24 bits per heavy atom. The molecule has 0 saturated heterocycles. The van der Waals surface area contributed by atoms with E-state index < -0.39 is 0 Å². The van der Waals surface area contributed by atoms with Crippen molar-refractivity contribution in [3.63, 3.8) is 0 Å². The van der Waals surface area contributed by atoms with Crippen LogP contribution in [0.2, 0.25) is 0 Å². The molecule has 114 valence electrons. The van der Waals surface area contributed by atoms with Gasteiger partial charge in [0.25, 0.3) is 0 Å². The van der Waals surface area contributed by atoms with Crippen molar-refractivity contribution in [1.29, 1.82) is 0 Å². The maximum absolute atomic E-state index is 12.9. The topological polar surface area (TPSA) is 55.9 Å². The van der Waals surface area contributed by atoms with Crippen LogP contribution in [0, 0.1) is 5.82 Å². The zero-order valence-electron chi connectivity index (χ0n) is 12.6. The van der Waals surface area contributed by atoms with Crippen molar-refractivity contribution < 1.29 is 4.39 Å². The Morgan fingerprint density at radius 3 is 2.57 bits per heavy atom. The molecule has 0 aliphatic carbocycles. The molecule has 5 heteroatoms. The first-order chi connectivity index (χ1) is 10.1. The van der Waals surface area contributed by atoms with Crippen molar-refractivity contribution in [3.8, 4) is 0 Å². The van der Waals surface area contributed by atoms with Crippen molar-refractivity contribution in [2.24, 2.45) is 5.84 Å². The number of aromatic nitrogens is 2. The van der Waals surface area contributed by atoms with E-state index >= 15 is 0 Å². The molecule has 1 aromatic heterocycles. The highest BCUT2D eigenvalue weighted by molar-refractivity contribution is 5.18. The Balaban J connectivity index is 1.98. The molecule has 0 aliphatic heterocycles. The average Bonchev–Trinajstić information content (AvgIpc) is 2.96. The molecule has 2 rings (SSSR count). The predicted octanol–water partition coefficient (Wildman–Crippen LogP) is 2.61. The SMILES string of the molecule is CCC(C)n1ccc(CC(Cc2ccc(F)cc2)NN)n1. The summed E-state index contributed by atoms with van der Waals surface area (Å²) >= 11 is 0. The summed E-state index contributed by atoms with van der Waals surface area (Å²) in [5.74, 6) is 5.41. The fourth-order valence-corrected chi connectivity index (χ4v) is 2.27. The largest absolute Gasteiger partial charge is 0.271 e. The van der Waals surface area contributed by atoms with Crippen LogP contribution in [0.1, 0.15) is 37.6 Å². The monoisotopic (exact) mass is 290 g/mol. The van der Waals surface area contributed by atoms with Crippen LogP contribution in [0.5, 0.6) is 0 Å². The van der Waals surface area contributed by atoms with Crippen LogP contribution in [-0.4, -0.2) is 15.8 Å². The van der Waals surface area contributed by atoms with Crippen LogP contribution < -0.4 is 11.3 Å². The number of nitrogens with zero attached hydrogens (tertiary/aromatic N) is 2. The van der Waals surface area contributed by atoms with Crippen molar-refractivity contribution in [3.05, 3.63) is 53.6 Å². The van der Waals surface area contributed by atoms with Gasteiger partial charge in [0.15, 0.2) is 0 Å². The van der Waals surface area contributed by atoms with Crippen molar-refractivity contribution in [2.45, 2.75) is 45.2 Å². The molecule has 21 heavy (non-hydrogen) atoms. The first kappa shape index (κ1) is 15.7. The molecule has 0 saturated carbocycles. The third-order valence-electron chi connectivity index (χ3n) is 3.79. The van der Waals surface area contributed by atoms with Gasteiger partial charge in [0.2, 0.25) is 0 Å². The van der Waals surface area contributed by atoms with Gasteiger partial charge >= 0.3 is 0 Å². The fraction of sp³-hybridized carbons (Fsp3) is 0.438. The lowest BCUT2D eigenvalue weighted by atomic mass is 10.0. The van der Waals surface area contributed by atoms with E-state index in [9.17, 15) is 4.39 Å². The van der Waals surface area contributed by atoms with Crippen LogP contribution in [0.25, 0.3) is 0 Å². The Morgan fingerprint density at radius 2 is 1.95 bits per heavy atom. The molecule has 0 radical (unpaired) electrons. The summed E-state index contributed by atoms with van der Waals surface area (Å²) < 4.78 is 14.9. The van der Waals surface area contributed by atoms with Crippen molar-refractivity contribution in [1.82, 2.24) is 15.2 Å². The third kappa shape index (κ3) is 4.37. The first-order valence-electron chi connectivity index (χ1n) is 7.37. The van der Waals surface area contributed by atoms with Gasteiger partial charge in [0, 0.05) is 24.7 Å². The van der Waals surface area contributed by atoms with Crippen molar-refractivity contribution in [2.75, 3.05) is 0 Å². The van der Waals surface area contributed by atoms with Gasteiger partial charge in [-0.3, -0.25) is 16.0 Å². The highest BCUT2D eigenvalue weighted by atomic mass is 19.1. The van der Waals surface area contributed by atoms with E-state index in [1.165, 1.54) is 12.1 Å². The number of nitrogens with one attached hydrogen (secondary N) is 1. The number of nitrogens with two attached hydrogens (primary N) is 1. The minimum Gasteiger partial charge on any atom is -0.271 e. The molecule has 0 bridgehead atoms. The molecule has 0 spiro atoms. The highest BCUT2D eigenvalue weighted by Crippen LogP contribution is 2.12. The number of hydrazine groups is 1. The standard InChI is InChI=1S/C16H23FN4/c1-3-12(2)21-9-8-15(20-21)11-16(19-18)10-13-4-6-14(17)7-5-13/h4-9,12,16,19H,3,10-11,18H2,1-2H3. The van der Waals surface area contributed by atoms with Gasteiger partial charge in [0.1, 0.15) is 5.82 Å². The second kappa shape index (κ2) is 7.33. The lowest BCUT2D eigenvalue weighted by Gasteiger charge is -2.15. The van der Waals surface area contributed by atoms with Crippen LogP contribution in [0.15, 0.2) is 36.5 Å². The molecule has 1 aromatic carbocycles. The van der Waals surface area contributed by atoms with Gasteiger partial charge in [-0.05, 0) is 43.5 Å². The van der Waals surface area contributed by atoms with E-state index in [-0.39, 0.29) is 11.9 Å². The molecule has 2 aromatic rings. The third-order valence-corrected chi connectivity index (χ3v) is 3.79. The highest BCUT2D eigenvalue weighted by Gasteiger charge is 2.12. The molecule has 2 atom stereocenters. The minimum atomic E-state index is -0.219. The van der Waals surface area contributed by atoms with E-state index in [1.807, 2.05) is 16.9 Å². The van der Waals surface area contributed by atoms with Gasteiger partial charge in [-0.1, -0.05) is 19.1 Å². The number of hydrogen-bond acceptors (Lipinski definition) is 3. The normalized spacial score (nSPS) is 14.1. The molecule has 0 amide bonds. The Bertz CT molecular complexity index is 550. The van der Waals surface area contributed by atoms with Gasteiger partial charge < -0.3 is 0 Å². The van der Waals surface area contributed by atoms with Crippen LogP contribution in [-0.2, 0) is 12.8 Å². The van der Waals surface area contributed by atoms with Gasteiger partial charge in [-0.2, -0.15) is 5.10 Å². The van der Waals surface area contributed by atoms with Gasteiger partial charge in [-0.25, -0.2) is 4.39 Å². The maximum atomic E-state index is 12.9. The summed E-state index contributed by atoms with van der Waals surface area (Å²) in [5.41, 5.74) is 4.89. The summed E-state index contributed by atoms with van der Waals surface area (Å²) in [6.07, 6.45) is 4.55. The van der Waals surface area contributed by atoms with Gasteiger partial charge in [-0.15, -0.1) is 0 Å². The quantitative estimate of drug-likeness (QED) is 0.609. The van der Waals surface area contributed by atoms with E-state index in [2.05, 4.69) is 24.4 Å². The zero-order valence-corrected chi connectivity index (χ0v) is 12.6. The molecule has 1 heterocycles. The molecule has 0 fully saturated rings. The Kier molecular flexibility index (Phi) is 5.47. The van der Waals surface area contributed by atoms with Crippen LogP contribution in [0.3, 0.4) is 0 Å². The Hall–Kier alpha value is -1.72. The molecular weight excluding hydrogens is 267 g/mol. The minimum absolute atomic E-state index is 0.0794. The van der Waals surface area contributed by atoms with Gasteiger partial charge in [0.05, 0.1) is 5.69 Å². The number of halogens is 1. The summed E-state index contributed by atoms with van der Waals surface area (Å²) in [5, 5.41) is 4.59. The summed E-state index contributed by atoms with van der Waals surface area (Å²) in [6, 6.07) is 9.04. The Labute approximate surface area is 125 Å². The molecule has 2 unspecified atom stereocenters. The predicted molar refractivity (Wildman–Crippen MR) is 82.1 cm³/mol. The number of benzene rings is 1. The number of hydrogen-bond donors (Lipinski definition) is 2. The molecule has 4 nitrogen and oxygen atoms in total. The van der Waals surface area contributed by atoms with E-state index in [0.29, 0.717) is 6.04 Å². The van der Waals surface area contributed by atoms with Crippen LogP contribution >= 0.6 is 0 Å². The van der Waals surface area contributed by atoms with Crippen molar-refractivity contribution >= 4 is 0 Å². The smallest absolute Gasteiger partial charge is 0.123 e. The molecule has 3 N–H and O–H groups in total. The first-order valence-corrected chi connectivity index (χ1v) is 7.37. The lowest BCUT2D eigenvalue weighted by Crippen LogP contribution is -2.38. The number of rotatable bonds is 7. The van der Waals surface area contributed by atoms with Crippen LogP contribution in [0.4, 0.5) is 4.39 Å². The second-order valence-electron chi connectivity index (χ2n) is 5.44. The maximum Gasteiger partial charge on any atom is 0.123 e. The average molecular weight is 290 g/mol. The van der Waals surface area contributed by atoms with E-state index in [0.717, 1.165) is 30.5 Å². The zero-order chi connectivity index (χ0) is 15.2. The summed E-state index contributed by atoms with van der Waals surface area (Å²) in [4.78, 5) is 0. The fourth-order valence-electron chi connectivity index (χ4n) is 2.27. The second-order valence-corrected chi connectivity index (χ2v) is 5.44. The lowest BCUT2D eigenvalue weighted by molar-refractivity contribution is 0.464. The summed E-state index contributed by atoms with van der Waals surface area (Å²) in [7, 11) is 0. The molecular formula is C16H23FN4. The van der Waals surface area contributed by atoms with E-state index in [1.54, 1.807) is 12.1 Å². The molecule has 0 aliphatic rings. The van der Waals surface area contributed by atoms with E-state index in [4.69, 9.17) is 5.84 Å².